The Morgan fingerprint density at radius 3 is 2.68 bits per heavy atom. The van der Waals surface area contributed by atoms with Gasteiger partial charge in [0.2, 0.25) is 0 Å². The van der Waals surface area contributed by atoms with Gasteiger partial charge in [-0.3, -0.25) is 0 Å². The fourth-order valence-electron chi connectivity index (χ4n) is 2.29. The first kappa shape index (κ1) is 14.5. The zero-order chi connectivity index (χ0) is 13.8. The molecule has 1 nitrogen and oxygen atoms in total. The molecule has 0 saturated carbocycles. The molecular formula is C16H22FNS. The summed E-state index contributed by atoms with van der Waals surface area (Å²) in [6, 6.07) is 7.64. The first-order valence-electron chi connectivity index (χ1n) is 7.02. The molecule has 1 unspecified atom stereocenters. The molecule has 3 heteroatoms. The number of thiophene rings is 1. The van der Waals surface area contributed by atoms with E-state index in [1.54, 1.807) is 17.4 Å². The van der Waals surface area contributed by atoms with Crippen molar-refractivity contribution in [1.82, 2.24) is 5.32 Å². The van der Waals surface area contributed by atoms with Gasteiger partial charge in [0.15, 0.2) is 0 Å². The van der Waals surface area contributed by atoms with Gasteiger partial charge in [-0.2, -0.15) is 0 Å². The average molecular weight is 279 g/mol. The first-order valence-corrected chi connectivity index (χ1v) is 7.84. The molecule has 0 spiro atoms. The van der Waals surface area contributed by atoms with Gasteiger partial charge in [0.05, 0.1) is 0 Å². The Morgan fingerprint density at radius 1 is 1.21 bits per heavy atom. The molecule has 19 heavy (non-hydrogen) atoms. The van der Waals surface area contributed by atoms with E-state index >= 15 is 0 Å². The van der Waals surface area contributed by atoms with Crippen LogP contribution >= 0.6 is 11.3 Å². The summed E-state index contributed by atoms with van der Waals surface area (Å²) >= 11 is 1.71. The largest absolute Gasteiger partial charge is 0.310 e. The quantitative estimate of drug-likeness (QED) is 0.773. The molecule has 0 amide bonds. The minimum Gasteiger partial charge on any atom is -0.310 e. The summed E-state index contributed by atoms with van der Waals surface area (Å²) in [5, 5.41) is 4.69. The van der Waals surface area contributed by atoms with Gasteiger partial charge in [0.1, 0.15) is 5.82 Å². The lowest BCUT2D eigenvalue weighted by molar-refractivity contribution is 0.453. The van der Waals surface area contributed by atoms with E-state index in [-0.39, 0.29) is 5.82 Å². The van der Waals surface area contributed by atoms with Gasteiger partial charge in [-0.05, 0) is 48.9 Å². The Bertz CT molecular complexity index is 533. The van der Waals surface area contributed by atoms with Crippen LogP contribution in [0.15, 0.2) is 24.3 Å². The van der Waals surface area contributed by atoms with Crippen molar-refractivity contribution in [3.63, 3.8) is 0 Å². The van der Waals surface area contributed by atoms with Crippen molar-refractivity contribution in [2.24, 2.45) is 5.92 Å². The normalized spacial score (nSPS) is 13.3. The number of benzene rings is 1. The maximum Gasteiger partial charge on any atom is 0.124 e. The lowest BCUT2D eigenvalue weighted by Gasteiger charge is -2.17. The Kier molecular flexibility index (Phi) is 4.94. The highest BCUT2D eigenvalue weighted by Gasteiger charge is 2.14. The standard InChI is InChI=1S/C16H22FNS/c1-4-18-14(8-5-11(2)3)16-9-12-6-7-13(17)10-15(12)19-16/h6-7,9-11,14,18H,4-5,8H2,1-3H3. The Labute approximate surface area is 118 Å². The van der Waals surface area contributed by atoms with Crippen LogP contribution in [0.2, 0.25) is 0 Å². The molecule has 0 aliphatic rings. The van der Waals surface area contributed by atoms with E-state index in [1.807, 2.05) is 6.07 Å². The number of halogens is 1. The number of nitrogens with one attached hydrogen (secondary N) is 1. The van der Waals surface area contributed by atoms with E-state index in [2.05, 4.69) is 32.2 Å². The Balaban J connectivity index is 2.22. The molecule has 2 aromatic rings. The maximum atomic E-state index is 13.2. The van der Waals surface area contributed by atoms with Crippen LogP contribution in [0.3, 0.4) is 0 Å². The van der Waals surface area contributed by atoms with Crippen LogP contribution in [0.4, 0.5) is 4.39 Å². The summed E-state index contributed by atoms with van der Waals surface area (Å²) in [7, 11) is 0. The summed E-state index contributed by atoms with van der Waals surface area (Å²) in [4.78, 5) is 1.32. The van der Waals surface area contributed by atoms with Crippen LogP contribution in [0, 0.1) is 11.7 Å². The summed E-state index contributed by atoms with van der Waals surface area (Å²) in [6.45, 7) is 7.60. The van der Waals surface area contributed by atoms with Crippen LogP contribution in [0.5, 0.6) is 0 Å². The number of hydrogen-bond acceptors (Lipinski definition) is 2. The van der Waals surface area contributed by atoms with Gasteiger partial charge in [-0.15, -0.1) is 11.3 Å². The van der Waals surface area contributed by atoms with Crippen LogP contribution in [0.1, 0.15) is 44.5 Å². The molecule has 0 saturated heterocycles. The third-order valence-corrected chi connectivity index (χ3v) is 4.54. The fourth-order valence-corrected chi connectivity index (χ4v) is 3.49. The molecule has 1 atom stereocenters. The van der Waals surface area contributed by atoms with Crippen molar-refractivity contribution in [2.45, 2.75) is 39.7 Å². The molecule has 1 heterocycles. The van der Waals surface area contributed by atoms with E-state index < -0.39 is 0 Å². The molecule has 1 aromatic carbocycles. The molecule has 0 bridgehead atoms. The number of fused-ring (bicyclic) bond motifs is 1. The first-order chi connectivity index (χ1) is 9.10. The fraction of sp³-hybridized carbons (Fsp3) is 0.500. The number of rotatable bonds is 6. The molecule has 0 aliphatic carbocycles. The van der Waals surface area contributed by atoms with Crippen LogP contribution in [0.25, 0.3) is 10.1 Å². The molecule has 0 radical (unpaired) electrons. The second-order valence-electron chi connectivity index (χ2n) is 5.41. The monoisotopic (exact) mass is 279 g/mol. The molecule has 0 aliphatic heterocycles. The summed E-state index contributed by atoms with van der Waals surface area (Å²) in [6.07, 6.45) is 2.35. The van der Waals surface area contributed by atoms with Crippen molar-refractivity contribution in [2.75, 3.05) is 6.54 Å². The lowest BCUT2D eigenvalue weighted by Crippen LogP contribution is -2.20. The lowest BCUT2D eigenvalue weighted by atomic mass is 10.0. The zero-order valence-electron chi connectivity index (χ0n) is 11.9. The highest BCUT2D eigenvalue weighted by atomic mass is 32.1. The van der Waals surface area contributed by atoms with E-state index in [4.69, 9.17) is 0 Å². The van der Waals surface area contributed by atoms with E-state index in [0.29, 0.717) is 12.0 Å². The van der Waals surface area contributed by atoms with Gasteiger partial charge in [-0.1, -0.05) is 26.8 Å². The summed E-state index contributed by atoms with van der Waals surface area (Å²) < 4.78 is 14.3. The highest BCUT2D eigenvalue weighted by molar-refractivity contribution is 7.19. The SMILES string of the molecule is CCNC(CCC(C)C)c1cc2ccc(F)cc2s1. The van der Waals surface area contributed by atoms with Crippen LogP contribution < -0.4 is 5.32 Å². The third-order valence-electron chi connectivity index (χ3n) is 3.33. The molecule has 1 N–H and O–H groups in total. The molecular weight excluding hydrogens is 257 g/mol. The average Bonchev–Trinajstić information content (AvgIpc) is 2.76. The van der Waals surface area contributed by atoms with Gasteiger partial charge in [0.25, 0.3) is 0 Å². The highest BCUT2D eigenvalue weighted by Crippen LogP contribution is 2.32. The number of hydrogen-bond donors (Lipinski definition) is 1. The topological polar surface area (TPSA) is 12.0 Å². The van der Waals surface area contributed by atoms with Gasteiger partial charge in [-0.25, -0.2) is 4.39 Å². The zero-order valence-corrected chi connectivity index (χ0v) is 12.7. The Morgan fingerprint density at radius 2 is 2.00 bits per heavy atom. The van der Waals surface area contributed by atoms with Crippen LogP contribution in [-0.4, -0.2) is 6.54 Å². The van der Waals surface area contributed by atoms with Gasteiger partial charge >= 0.3 is 0 Å². The molecule has 1 aromatic heterocycles. The second kappa shape index (κ2) is 6.49. The van der Waals surface area contributed by atoms with Crippen molar-refractivity contribution < 1.29 is 4.39 Å². The van der Waals surface area contributed by atoms with E-state index in [1.165, 1.54) is 17.4 Å². The predicted octanol–water partition coefficient (Wildman–Crippen LogP) is 5.13. The second-order valence-corrected chi connectivity index (χ2v) is 6.53. The minimum absolute atomic E-state index is 0.150. The molecule has 2 rings (SSSR count). The smallest absolute Gasteiger partial charge is 0.124 e. The van der Waals surface area contributed by atoms with Crippen molar-refractivity contribution in [3.05, 3.63) is 35.0 Å². The minimum atomic E-state index is -0.150. The van der Waals surface area contributed by atoms with Crippen LogP contribution in [-0.2, 0) is 0 Å². The predicted molar refractivity (Wildman–Crippen MR) is 82.3 cm³/mol. The third kappa shape index (κ3) is 3.77. The maximum absolute atomic E-state index is 13.2. The van der Waals surface area contributed by atoms with E-state index in [0.717, 1.165) is 23.1 Å². The van der Waals surface area contributed by atoms with Gasteiger partial charge < -0.3 is 5.32 Å². The van der Waals surface area contributed by atoms with Crippen molar-refractivity contribution >= 4 is 21.4 Å². The van der Waals surface area contributed by atoms with E-state index in [9.17, 15) is 4.39 Å². The van der Waals surface area contributed by atoms with Crippen molar-refractivity contribution in [3.8, 4) is 0 Å². The van der Waals surface area contributed by atoms with Gasteiger partial charge in [0, 0.05) is 15.6 Å². The Hall–Kier alpha value is -0.930. The summed E-state index contributed by atoms with van der Waals surface area (Å²) in [5.74, 6) is 0.566. The molecule has 0 fully saturated rings. The summed E-state index contributed by atoms with van der Waals surface area (Å²) in [5.41, 5.74) is 0. The van der Waals surface area contributed by atoms with Crippen molar-refractivity contribution in [1.29, 1.82) is 0 Å². The molecule has 104 valence electrons.